The molecular formula is C10H9Cl2N3S. The Morgan fingerprint density at radius 3 is 2.81 bits per heavy atom. The number of hydrogen-bond donors (Lipinski definition) is 0. The van der Waals surface area contributed by atoms with Gasteiger partial charge in [-0.3, -0.25) is 0 Å². The van der Waals surface area contributed by atoms with Gasteiger partial charge in [0.15, 0.2) is 6.17 Å². The van der Waals surface area contributed by atoms with Crippen molar-refractivity contribution in [1.29, 1.82) is 0 Å². The number of benzene rings is 1. The summed E-state index contributed by atoms with van der Waals surface area (Å²) in [6, 6.07) is 5.33. The van der Waals surface area contributed by atoms with Crippen LogP contribution in [-0.4, -0.2) is 16.6 Å². The van der Waals surface area contributed by atoms with Crippen molar-refractivity contribution in [3.8, 4) is 0 Å². The van der Waals surface area contributed by atoms with Crippen LogP contribution in [0.15, 0.2) is 28.4 Å². The van der Waals surface area contributed by atoms with Gasteiger partial charge in [-0.25, -0.2) is 0 Å². The van der Waals surface area contributed by atoms with Gasteiger partial charge in [0.1, 0.15) is 0 Å². The highest BCUT2D eigenvalue weighted by Crippen LogP contribution is 2.34. The van der Waals surface area contributed by atoms with Gasteiger partial charge in [0.25, 0.3) is 0 Å². The number of nitrogens with zero attached hydrogens (tertiary/aromatic N) is 3. The van der Waals surface area contributed by atoms with E-state index in [4.69, 9.17) is 35.4 Å². The van der Waals surface area contributed by atoms with E-state index in [0.29, 0.717) is 15.2 Å². The van der Waals surface area contributed by atoms with Gasteiger partial charge >= 0.3 is 0 Å². The Kier molecular flexibility index (Phi) is 3.42. The molecule has 1 aromatic rings. The number of hydrogen-bond acceptors (Lipinski definition) is 2. The third-order valence-corrected chi connectivity index (χ3v) is 3.25. The van der Waals surface area contributed by atoms with E-state index in [-0.39, 0.29) is 6.17 Å². The first kappa shape index (κ1) is 11.8. The van der Waals surface area contributed by atoms with Crippen molar-refractivity contribution in [1.82, 2.24) is 4.90 Å². The van der Waals surface area contributed by atoms with Gasteiger partial charge < -0.3 is 4.90 Å². The van der Waals surface area contributed by atoms with Gasteiger partial charge in [0.05, 0.1) is 0 Å². The van der Waals surface area contributed by atoms with Gasteiger partial charge in [-0.1, -0.05) is 29.3 Å². The Balaban J connectivity index is 2.37. The molecule has 0 bridgehead atoms. The fraction of sp³-hybridized carbons (Fsp3) is 0.300. The molecule has 0 spiro atoms. The molecule has 0 aliphatic carbocycles. The molecule has 0 saturated carbocycles. The zero-order chi connectivity index (χ0) is 11.7. The first-order chi connectivity index (χ1) is 7.63. The van der Waals surface area contributed by atoms with E-state index in [0.717, 1.165) is 12.1 Å². The van der Waals surface area contributed by atoms with Gasteiger partial charge in [0.2, 0.25) is 5.11 Å². The van der Waals surface area contributed by atoms with Crippen molar-refractivity contribution in [2.45, 2.75) is 13.1 Å². The minimum Gasteiger partial charge on any atom is -0.319 e. The summed E-state index contributed by atoms with van der Waals surface area (Å²) in [6.07, 6.45) is -0.220. The van der Waals surface area contributed by atoms with E-state index in [1.807, 2.05) is 17.9 Å². The first-order valence-corrected chi connectivity index (χ1v) is 5.96. The van der Waals surface area contributed by atoms with E-state index in [9.17, 15) is 0 Å². The Labute approximate surface area is 109 Å². The smallest absolute Gasteiger partial charge is 0.218 e. The van der Waals surface area contributed by atoms with Crippen molar-refractivity contribution in [3.63, 3.8) is 0 Å². The summed E-state index contributed by atoms with van der Waals surface area (Å²) in [6.45, 7) is 2.74. The monoisotopic (exact) mass is 273 g/mol. The molecule has 1 atom stereocenters. The molecule has 1 unspecified atom stereocenters. The lowest BCUT2D eigenvalue weighted by Crippen LogP contribution is -2.27. The topological polar surface area (TPSA) is 28.0 Å². The lowest BCUT2D eigenvalue weighted by Gasteiger charge is -2.22. The lowest BCUT2D eigenvalue weighted by atomic mass is 10.1. The van der Waals surface area contributed by atoms with Crippen molar-refractivity contribution >= 4 is 40.5 Å². The normalized spacial score (nSPS) is 19.6. The SMILES string of the molecule is CCN1C(=S)N=NC1c1ccc(Cl)cc1Cl. The lowest BCUT2D eigenvalue weighted by molar-refractivity contribution is 0.364. The third-order valence-electron chi connectivity index (χ3n) is 2.37. The van der Waals surface area contributed by atoms with Crippen molar-refractivity contribution in [3.05, 3.63) is 33.8 Å². The van der Waals surface area contributed by atoms with Crippen LogP contribution in [-0.2, 0) is 0 Å². The standard InChI is InChI=1S/C10H9Cl2N3S/c1-2-15-9(13-14-10(15)16)7-4-3-6(11)5-8(7)12/h3-5,9H,2H2,1H3. The number of rotatable bonds is 2. The molecule has 0 radical (unpaired) electrons. The zero-order valence-electron chi connectivity index (χ0n) is 8.52. The maximum Gasteiger partial charge on any atom is 0.218 e. The van der Waals surface area contributed by atoms with Crippen LogP contribution in [0.4, 0.5) is 0 Å². The van der Waals surface area contributed by atoms with Crippen LogP contribution in [0.1, 0.15) is 18.7 Å². The molecule has 1 aliphatic rings. The minimum atomic E-state index is -0.220. The van der Waals surface area contributed by atoms with E-state index in [1.54, 1.807) is 12.1 Å². The molecule has 1 aromatic carbocycles. The molecule has 0 fully saturated rings. The van der Waals surface area contributed by atoms with Gasteiger partial charge in [-0.15, -0.1) is 5.11 Å². The molecular weight excluding hydrogens is 265 g/mol. The van der Waals surface area contributed by atoms with Crippen molar-refractivity contribution < 1.29 is 0 Å². The molecule has 16 heavy (non-hydrogen) atoms. The highest BCUT2D eigenvalue weighted by molar-refractivity contribution is 7.80. The molecule has 1 aliphatic heterocycles. The summed E-state index contributed by atoms with van der Waals surface area (Å²) < 4.78 is 0. The summed E-state index contributed by atoms with van der Waals surface area (Å²) in [7, 11) is 0. The van der Waals surface area contributed by atoms with E-state index in [2.05, 4.69) is 10.2 Å². The summed E-state index contributed by atoms with van der Waals surface area (Å²) in [5.41, 5.74) is 0.872. The second-order valence-electron chi connectivity index (χ2n) is 3.32. The molecule has 3 nitrogen and oxygen atoms in total. The zero-order valence-corrected chi connectivity index (χ0v) is 10.9. The fourth-order valence-electron chi connectivity index (χ4n) is 1.58. The predicted octanol–water partition coefficient (Wildman–Crippen LogP) is 4.06. The van der Waals surface area contributed by atoms with Crippen molar-refractivity contribution in [2.24, 2.45) is 10.2 Å². The van der Waals surface area contributed by atoms with Crippen LogP contribution >= 0.6 is 35.4 Å². The van der Waals surface area contributed by atoms with Crippen molar-refractivity contribution in [2.75, 3.05) is 6.54 Å². The molecule has 6 heteroatoms. The maximum absolute atomic E-state index is 6.12. The summed E-state index contributed by atoms with van der Waals surface area (Å²) >= 11 is 17.1. The molecule has 1 heterocycles. The van der Waals surface area contributed by atoms with Crippen LogP contribution in [0.2, 0.25) is 10.0 Å². The quantitative estimate of drug-likeness (QED) is 0.760. The summed E-state index contributed by atoms with van der Waals surface area (Å²) in [5, 5.41) is 9.70. The maximum atomic E-state index is 6.12. The molecule has 0 saturated heterocycles. The molecule has 0 aromatic heterocycles. The largest absolute Gasteiger partial charge is 0.319 e. The number of azo groups is 1. The fourth-order valence-corrected chi connectivity index (χ4v) is 2.36. The molecule has 2 rings (SSSR count). The highest BCUT2D eigenvalue weighted by Gasteiger charge is 2.27. The second-order valence-corrected chi connectivity index (χ2v) is 4.53. The highest BCUT2D eigenvalue weighted by atomic mass is 35.5. The third kappa shape index (κ3) is 2.05. The van der Waals surface area contributed by atoms with Crippen LogP contribution in [0.5, 0.6) is 0 Å². The molecule has 0 amide bonds. The number of thiocarbonyl (C=S) groups is 1. The average molecular weight is 274 g/mol. The number of halogens is 2. The minimum absolute atomic E-state index is 0.220. The Morgan fingerprint density at radius 1 is 1.44 bits per heavy atom. The van der Waals surface area contributed by atoms with Crippen LogP contribution in [0.3, 0.4) is 0 Å². The molecule has 84 valence electrons. The predicted molar refractivity (Wildman–Crippen MR) is 69.0 cm³/mol. The van der Waals surface area contributed by atoms with Crippen LogP contribution < -0.4 is 0 Å². The summed E-state index contributed by atoms with van der Waals surface area (Å²) in [4.78, 5) is 1.91. The van der Waals surface area contributed by atoms with Gasteiger partial charge in [-0.2, -0.15) is 5.11 Å². The second kappa shape index (κ2) is 4.65. The molecule has 0 N–H and O–H groups in total. The van der Waals surface area contributed by atoms with Gasteiger partial charge in [-0.05, 0) is 31.3 Å². The first-order valence-electron chi connectivity index (χ1n) is 4.80. The van der Waals surface area contributed by atoms with E-state index >= 15 is 0 Å². The van der Waals surface area contributed by atoms with Gasteiger partial charge in [0, 0.05) is 22.2 Å². The van der Waals surface area contributed by atoms with Crippen LogP contribution in [0, 0.1) is 0 Å². The van der Waals surface area contributed by atoms with Crippen LogP contribution in [0.25, 0.3) is 0 Å². The van der Waals surface area contributed by atoms with E-state index < -0.39 is 0 Å². The Hall–Kier alpha value is -0.710. The summed E-state index contributed by atoms with van der Waals surface area (Å²) in [5.74, 6) is 0. The Bertz CT molecular complexity index is 461. The Morgan fingerprint density at radius 2 is 2.19 bits per heavy atom. The average Bonchev–Trinajstić information content (AvgIpc) is 2.59. The van der Waals surface area contributed by atoms with E-state index in [1.165, 1.54) is 0 Å².